The zero-order chi connectivity index (χ0) is 17.9. The van der Waals surface area contributed by atoms with Gasteiger partial charge in [0.2, 0.25) is 0 Å². The van der Waals surface area contributed by atoms with Crippen molar-refractivity contribution in [3.8, 4) is 0 Å². The third kappa shape index (κ3) is 5.69. The van der Waals surface area contributed by atoms with E-state index in [2.05, 4.69) is 9.47 Å². The summed E-state index contributed by atoms with van der Waals surface area (Å²) >= 11 is 0. The molecule has 0 saturated heterocycles. The zero-order valence-electron chi connectivity index (χ0n) is 10.9. The van der Waals surface area contributed by atoms with Gasteiger partial charge in [0.15, 0.2) is 0 Å². The lowest BCUT2D eigenvalue weighted by Crippen LogP contribution is -2.36. The Morgan fingerprint density at radius 1 is 0.682 bits per heavy atom. The Morgan fingerprint density at radius 3 is 1.09 bits per heavy atom. The van der Waals surface area contributed by atoms with E-state index in [1.165, 1.54) is 0 Å². The van der Waals surface area contributed by atoms with E-state index in [0.29, 0.717) is 13.8 Å². The fourth-order valence-corrected chi connectivity index (χ4v) is 0.710. The Kier molecular flexibility index (Phi) is 6.09. The number of hydrogen-bond acceptors (Lipinski definition) is 6. The molecule has 0 aromatic carbocycles. The number of alkyl halides is 6. The predicted molar refractivity (Wildman–Crippen MR) is 52.6 cm³/mol. The normalized spacial score (nSPS) is 14.7. The number of carbonyl (C=O) groups excluding carboxylic acids is 4. The van der Waals surface area contributed by atoms with Crippen LogP contribution < -0.4 is 0 Å². The predicted octanol–water partition coefficient (Wildman–Crippen LogP) is 1.52. The average Bonchev–Trinajstić information content (AvgIpc) is 2.34. The van der Waals surface area contributed by atoms with Gasteiger partial charge in [0.1, 0.15) is 11.8 Å². The Bertz CT molecular complexity index is 435. The van der Waals surface area contributed by atoms with Gasteiger partial charge < -0.3 is 9.47 Å². The van der Waals surface area contributed by atoms with Gasteiger partial charge in [-0.15, -0.1) is 0 Å². The van der Waals surface area contributed by atoms with Crippen LogP contribution in [0.5, 0.6) is 0 Å². The molecule has 126 valence electrons. The molecule has 2 atom stereocenters. The first-order chi connectivity index (χ1) is 9.67. The first-order valence-electron chi connectivity index (χ1n) is 5.33. The summed E-state index contributed by atoms with van der Waals surface area (Å²) < 4.78 is 79.5. The fraction of sp³-hybridized carbons (Fsp3) is 0.600. The topological polar surface area (TPSA) is 86.7 Å². The molecule has 0 aromatic heterocycles. The second-order valence-electron chi connectivity index (χ2n) is 3.94. The molecule has 0 fully saturated rings. The van der Waals surface area contributed by atoms with Crippen molar-refractivity contribution in [3.05, 3.63) is 0 Å². The van der Waals surface area contributed by atoms with Crippen molar-refractivity contribution in [3.63, 3.8) is 0 Å². The van der Waals surface area contributed by atoms with Gasteiger partial charge in [-0.05, 0) is 13.8 Å². The summed E-state index contributed by atoms with van der Waals surface area (Å²) in [4.78, 5) is 43.4. The van der Waals surface area contributed by atoms with Crippen molar-refractivity contribution in [1.29, 1.82) is 0 Å². The summed E-state index contributed by atoms with van der Waals surface area (Å²) in [5, 5.41) is 0. The van der Waals surface area contributed by atoms with Crippen molar-refractivity contribution in [1.82, 2.24) is 0 Å². The Hall–Kier alpha value is -2.14. The molecule has 2 unspecified atom stereocenters. The molecule has 6 nitrogen and oxygen atoms in total. The summed E-state index contributed by atoms with van der Waals surface area (Å²) in [5.74, 6) is -14.6. The van der Waals surface area contributed by atoms with Crippen LogP contribution in [-0.2, 0) is 28.7 Å². The second-order valence-corrected chi connectivity index (χ2v) is 3.94. The lowest BCUT2D eigenvalue weighted by Gasteiger charge is -2.14. The van der Waals surface area contributed by atoms with E-state index in [1.807, 2.05) is 0 Å². The second kappa shape index (κ2) is 6.75. The Labute approximate surface area is 118 Å². The highest BCUT2D eigenvalue weighted by molar-refractivity contribution is 6.33. The highest BCUT2D eigenvalue weighted by atomic mass is 19.4. The average molecular weight is 338 g/mol. The molecule has 0 aromatic rings. The molecule has 0 rings (SSSR count). The molecule has 0 spiro atoms. The van der Waals surface area contributed by atoms with E-state index in [-0.39, 0.29) is 0 Å². The summed E-state index contributed by atoms with van der Waals surface area (Å²) in [5.41, 5.74) is 0. The minimum absolute atomic E-state index is 0.317. The van der Waals surface area contributed by atoms with E-state index in [1.54, 1.807) is 0 Å². The van der Waals surface area contributed by atoms with Crippen LogP contribution in [0.3, 0.4) is 0 Å². The summed E-state index contributed by atoms with van der Waals surface area (Å²) in [6.45, 7) is 0.635. The molecule has 0 N–H and O–H groups in total. The van der Waals surface area contributed by atoms with Crippen LogP contribution in [0.2, 0.25) is 0 Å². The van der Waals surface area contributed by atoms with Gasteiger partial charge in [0.05, 0.1) is 0 Å². The van der Waals surface area contributed by atoms with E-state index in [0.717, 1.165) is 0 Å². The minimum Gasteiger partial charge on any atom is -0.384 e. The molecular formula is C10H8F6O6. The Balaban J connectivity index is 4.68. The van der Waals surface area contributed by atoms with Crippen molar-refractivity contribution in [2.45, 2.75) is 26.2 Å². The largest absolute Gasteiger partial charge is 0.425 e. The number of halogens is 6. The van der Waals surface area contributed by atoms with Crippen LogP contribution in [0.1, 0.15) is 13.8 Å². The van der Waals surface area contributed by atoms with Crippen molar-refractivity contribution in [2.75, 3.05) is 0 Å². The highest BCUT2D eigenvalue weighted by Crippen LogP contribution is 2.27. The van der Waals surface area contributed by atoms with Gasteiger partial charge in [0.25, 0.3) is 0 Å². The first kappa shape index (κ1) is 19.9. The number of esters is 4. The summed E-state index contributed by atoms with van der Waals surface area (Å²) in [7, 11) is 0. The monoisotopic (exact) mass is 338 g/mol. The lowest BCUT2D eigenvalue weighted by atomic mass is 10.2. The summed E-state index contributed by atoms with van der Waals surface area (Å²) in [6, 6.07) is 0. The van der Waals surface area contributed by atoms with E-state index in [9.17, 15) is 45.5 Å². The highest BCUT2D eigenvalue weighted by Gasteiger charge is 2.45. The third-order valence-electron chi connectivity index (χ3n) is 2.24. The maximum atomic E-state index is 12.1. The number of hydrogen-bond donors (Lipinski definition) is 0. The van der Waals surface area contributed by atoms with E-state index >= 15 is 0 Å². The third-order valence-corrected chi connectivity index (χ3v) is 2.24. The van der Waals surface area contributed by atoms with Crippen LogP contribution in [0.4, 0.5) is 26.3 Å². The molecule has 0 amide bonds. The van der Waals surface area contributed by atoms with E-state index < -0.39 is 48.1 Å². The van der Waals surface area contributed by atoms with Crippen LogP contribution >= 0.6 is 0 Å². The summed E-state index contributed by atoms with van der Waals surface area (Å²) in [6.07, 6.45) is -10.1. The molecule has 0 heterocycles. The lowest BCUT2D eigenvalue weighted by molar-refractivity contribution is -0.204. The van der Waals surface area contributed by atoms with Crippen LogP contribution in [0, 0.1) is 11.8 Å². The van der Waals surface area contributed by atoms with Gasteiger partial charge in [-0.1, -0.05) is 0 Å². The molecule has 0 aliphatic heterocycles. The van der Waals surface area contributed by atoms with Gasteiger partial charge in [0, 0.05) is 0 Å². The van der Waals surface area contributed by atoms with Crippen molar-refractivity contribution in [2.24, 2.45) is 11.8 Å². The van der Waals surface area contributed by atoms with Gasteiger partial charge >= 0.3 is 36.2 Å². The molecule has 0 saturated carbocycles. The Morgan fingerprint density at radius 2 is 0.909 bits per heavy atom. The molecule has 22 heavy (non-hydrogen) atoms. The van der Waals surface area contributed by atoms with Crippen LogP contribution in [-0.4, -0.2) is 36.2 Å². The fourth-order valence-electron chi connectivity index (χ4n) is 0.710. The molecule has 0 aliphatic carbocycles. The van der Waals surface area contributed by atoms with Gasteiger partial charge in [-0.25, -0.2) is 9.59 Å². The molecular weight excluding hydrogens is 330 g/mol. The SMILES string of the molecule is CC(C(=O)OC(=O)C(=O)OC(=O)C(C)C(F)(F)F)C(F)(F)F. The first-order valence-corrected chi connectivity index (χ1v) is 5.33. The van der Waals surface area contributed by atoms with E-state index in [4.69, 9.17) is 0 Å². The molecule has 0 radical (unpaired) electrons. The standard InChI is InChI=1S/C10H8F6O6/c1-3(9(11,12)13)5(17)21-7(19)8(20)22-6(18)4(2)10(14,15)16/h3-4H,1-2H3. The van der Waals surface area contributed by atoms with Crippen LogP contribution in [0.25, 0.3) is 0 Å². The molecule has 0 aliphatic rings. The smallest absolute Gasteiger partial charge is 0.384 e. The van der Waals surface area contributed by atoms with Gasteiger partial charge in [-0.2, -0.15) is 26.3 Å². The number of ether oxygens (including phenoxy) is 2. The number of rotatable bonds is 2. The van der Waals surface area contributed by atoms with Crippen molar-refractivity contribution >= 4 is 23.9 Å². The van der Waals surface area contributed by atoms with Gasteiger partial charge in [-0.3, -0.25) is 9.59 Å². The van der Waals surface area contributed by atoms with Crippen molar-refractivity contribution < 1.29 is 55.0 Å². The minimum atomic E-state index is -5.07. The maximum Gasteiger partial charge on any atom is 0.425 e. The maximum absolute atomic E-state index is 12.1. The zero-order valence-corrected chi connectivity index (χ0v) is 10.9. The molecule has 0 bridgehead atoms. The van der Waals surface area contributed by atoms with Crippen LogP contribution in [0.15, 0.2) is 0 Å². The quantitative estimate of drug-likeness (QED) is 0.328. The number of carbonyl (C=O) groups is 4. The molecule has 12 heteroatoms.